The summed E-state index contributed by atoms with van der Waals surface area (Å²) >= 11 is 0. The molecule has 2 aromatic rings. The average molecular weight is 775 g/mol. The summed E-state index contributed by atoms with van der Waals surface area (Å²) in [5.74, 6) is 2.88. The lowest BCUT2D eigenvalue weighted by Gasteiger charge is -2.20. The Hall–Kier alpha value is -2.36. The van der Waals surface area contributed by atoms with Gasteiger partial charge in [-0.15, -0.1) is 5.11 Å². The number of unbranched alkanes of at least 4 members (excludes halogenated alkanes) is 24. The molecule has 0 amide bonds. The van der Waals surface area contributed by atoms with E-state index in [0.717, 1.165) is 36.1 Å². The highest BCUT2D eigenvalue weighted by atomic mass is 16.5. The van der Waals surface area contributed by atoms with E-state index in [1.54, 1.807) is 0 Å². The van der Waals surface area contributed by atoms with E-state index >= 15 is 0 Å². The Morgan fingerprint density at radius 1 is 0.393 bits per heavy atom. The molecule has 2 aromatic carbocycles. The smallest absolute Gasteiger partial charge is 0.150 e. The zero-order valence-corrected chi connectivity index (χ0v) is 37.5. The maximum Gasteiger partial charge on any atom is 0.150 e. The Morgan fingerprint density at radius 3 is 1.18 bits per heavy atom. The third-order valence-corrected chi connectivity index (χ3v) is 11.8. The van der Waals surface area contributed by atoms with Gasteiger partial charge in [0, 0.05) is 6.07 Å². The lowest BCUT2D eigenvalue weighted by molar-refractivity contribution is 0.215. The molecule has 0 aliphatic heterocycles. The van der Waals surface area contributed by atoms with Crippen LogP contribution in [-0.4, -0.2) is 13.2 Å². The van der Waals surface area contributed by atoms with Gasteiger partial charge in [-0.1, -0.05) is 226 Å². The van der Waals surface area contributed by atoms with Crippen LogP contribution in [0.2, 0.25) is 0 Å². The van der Waals surface area contributed by atoms with Gasteiger partial charge in [-0.05, 0) is 61.8 Å². The summed E-state index contributed by atoms with van der Waals surface area (Å²) in [5.41, 5.74) is 1.64. The van der Waals surface area contributed by atoms with Gasteiger partial charge in [-0.2, -0.15) is 5.11 Å². The first kappa shape index (κ1) is 49.8. The van der Waals surface area contributed by atoms with Crippen molar-refractivity contribution in [2.45, 2.75) is 233 Å². The number of nitrogens with zero attached hydrogens (tertiary/aromatic N) is 2. The Morgan fingerprint density at radius 2 is 0.768 bits per heavy atom. The molecule has 0 bridgehead atoms. The average Bonchev–Trinajstić information content (AvgIpc) is 3.22. The van der Waals surface area contributed by atoms with Crippen LogP contribution in [-0.2, 0) is 0 Å². The van der Waals surface area contributed by atoms with Gasteiger partial charge in [0.1, 0.15) is 11.4 Å². The van der Waals surface area contributed by atoms with Crippen molar-refractivity contribution in [2.24, 2.45) is 22.1 Å². The molecule has 2 rings (SSSR count). The zero-order valence-electron chi connectivity index (χ0n) is 37.5. The van der Waals surface area contributed by atoms with Gasteiger partial charge >= 0.3 is 0 Å². The van der Waals surface area contributed by atoms with Crippen LogP contribution in [0.4, 0.5) is 11.4 Å². The van der Waals surface area contributed by atoms with Crippen LogP contribution >= 0.6 is 0 Å². The fraction of sp³-hybridized carbons (Fsp3) is 0.769. The quantitative estimate of drug-likeness (QED) is 0.0500. The third-order valence-electron chi connectivity index (χ3n) is 11.8. The van der Waals surface area contributed by atoms with E-state index in [4.69, 9.17) is 14.6 Å². The van der Waals surface area contributed by atoms with Crippen LogP contribution in [0.3, 0.4) is 0 Å². The standard InChI is InChI=1S/C52H90N2O2/c1-5-9-13-17-21-23-27-32-37-47(36-30-25-19-15-11-7-3)45-55-50-42-43-51(54-53-49-40-34-29-35-41-49)52(44-50)56-46-48(38-31-26-20-16-12-8-4)39-33-28-24-22-18-14-10-6-2/h29,34-35,40-44,47-48H,5-28,30-33,36-39,45-46H2,1-4H3. The van der Waals surface area contributed by atoms with E-state index in [0.29, 0.717) is 11.8 Å². The van der Waals surface area contributed by atoms with E-state index in [9.17, 15) is 0 Å². The van der Waals surface area contributed by atoms with Gasteiger partial charge in [0.05, 0.1) is 18.9 Å². The molecular formula is C52H90N2O2. The SMILES string of the molecule is CCCCCCCCCCC(CCCCCCCC)COc1ccc(N=Nc2ccccc2)c(OCC(CCCCCCCC)CCCCCCCCCC)c1. The molecule has 2 atom stereocenters. The van der Waals surface area contributed by atoms with E-state index in [1.165, 1.54) is 205 Å². The molecule has 4 heteroatoms. The lowest BCUT2D eigenvalue weighted by Crippen LogP contribution is -2.14. The molecule has 0 aromatic heterocycles. The molecular weight excluding hydrogens is 685 g/mol. The van der Waals surface area contributed by atoms with Gasteiger partial charge in [0.25, 0.3) is 0 Å². The van der Waals surface area contributed by atoms with E-state index in [1.807, 2.05) is 30.3 Å². The highest BCUT2D eigenvalue weighted by molar-refractivity contribution is 5.55. The molecule has 0 spiro atoms. The van der Waals surface area contributed by atoms with Crippen molar-refractivity contribution < 1.29 is 9.47 Å². The minimum Gasteiger partial charge on any atom is -0.493 e. The molecule has 0 fully saturated rings. The highest BCUT2D eigenvalue weighted by Crippen LogP contribution is 2.35. The van der Waals surface area contributed by atoms with Gasteiger partial charge < -0.3 is 9.47 Å². The molecule has 4 nitrogen and oxygen atoms in total. The predicted molar refractivity (Wildman–Crippen MR) is 245 cm³/mol. The molecule has 56 heavy (non-hydrogen) atoms. The predicted octanol–water partition coefficient (Wildman–Crippen LogP) is 18.7. The van der Waals surface area contributed by atoms with Crippen molar-refractivity contribution in [1.29, 1.82) is 0 Å². The summed E-state index contributed by atoms with van der Waals surface area (Å²) in [4.78, 5) is 0. The Bertz CT molecular complexity index is 1150. The molecule has 320 valence electrons. The van der Waals surface area contributed by atoms with Crippen LogP contribution in [0, 0.1) is 11.8 Å². The minimum atomic E-state index is 0.568. The summed E-state index contributed by atoms with van der Waals surface area (Å²) in [7, 11) is 0. The van der Waals surface area contributed by atoms with E-state index in [-0.39, 0.29) is 0 Å². The zero-order chi connectivity index (χ0) is 40.0. The van der Waals surface area contributed by atoms with E-state index in [2.05, 4.69) is 51.0 Å². The van der Waals surface area contributed by atoms with Gasteiger partial charge in [0.15, 0.2) is 5.75 Å². The molecule has 2 unspecified atom stereocenters. The maximum absolute atomic E-state index is 6.76. The normalized spacial score (nSPS) is 12.7. The molecule has 0 radical (unpaired) electrons. The Balaban J connectivity index is 2.09. The van der Waals surface area contributed by atoms with Crippen LogP contribution in [0.25, 0.3) is 0 Å². The van der Waals surface area contributed by atoms with Crippen LogP contribution < -0.4 is 9.47 Å². The summed E-state index contributed by atoms with van der Waals surface area (Å²) in [6.45, 7) is 10.7. The first-order valence-corrected chi connectivity index (χ1v) is 24.6. The second kappa shape index (κ2) is 36.9. The van der Waals surface area contributed by atoms with Crippen LogP contribution in [0.15, 0.2) is 58.8 Å². The Kier molecular flexibility index (Phi) is 32.8. The van der Waals surface area contributed by atoms with Crippen molar-refractivity contribution in [3.05, 3.63) is 48.5 Å². The summed E-state index contributed by atoms with van der Waals surface area (Å²) in [5, 5.41) is 9.29. The number of benzene rings is 2. The highest BCUT2D eigenvalue weighted by Gasteiger charge is 2.15. The minimum absolute atomic E-state index is 0.568. The monoisotopic (exact) mass is 775 g/mol. The van der Waals surface area contributed by atoms with Gasteiger partial charge in [0.2, 0.25) is 0 Å². The number of hydrogen-bond donors (Lipinski definition) is 0. The van der Waals surface area contributed by atoms with Crippen molar-refractivity contribution in [3.8, 4) is 11.5 Å². The topological polar surface area (TPSA) is 43.2 Å². The maximum atomic E-state index is 6.76. The number of rotatable bonds is 40. The fourth-order valence-corrected chi connectivity index (χ4v) is 7.99. The summed E-state index contributed by atoms with van der Waals surface area (Å²) < 4.78 is 13.4. The summed E-state index contributed by atoms with van der Waals surface area (Å²) in [6.07, 6.45) is 43.1. The molecule has 0 N–H and O–H groups in total. The lowest BCUT2D eigenvalue weighted by atomic mass is 9.94. The first-order valence-electron chi connectivity index (χ1n) is 24.6. The molecule has 0 saturated carbocycles. The number of azo groups is 1. The van der Waals surface area contributed by atoms with E-state index < -0.39 is 0 Å². The van der Waals surface area contributed by atoms with Gasteiger partial charge in [-0.3, -0.25) is 0 Å². The second-order valence-corrected chi connectivity index (χ2v) is 17.2. The molecule has 0 heterocycles. The second-order valence-electron chi connectivity index (χ2n) is 17.2. The van der Waals surface area contributed by atoms with Crippen molar-refractivity contribution >= 4 is 11.4 Å². The number of ether oxygens (including phenoxy) is 2. The Labute approximate surface area is 348 Å². The molecule has 0 saturated heterocycles. The van der Waals surface area contributed by atoms with Gasteiger partial charge in [-0.25, -0.2) is 0 Å². The van der Waals surface area contributed by atoms with Crippen LogP contribution in [0.1, 0.15) is 233 Å². The third kappa shape index (κ3) is 27.3. The summed E-state index contributed by atoms with van der Waals surface area (Å²) in [6, 6.07) is 16.3. The first-order chi connectivity index (χ1) is 27.7. The van der Waals surface area contributed by atoms with Crippen LogP contribution in [0.5, 0.6) is 11.5 Å². The largest absolute Gasteiger partial charge is 0.493 e. The van der Waals surface area contributed by atoms with Crippen molar-refractivity contribution in [2.75, 3.05) is 13.2 Å². The fourth-order valence-electron chi connectivity index (χ4n) is 7.99. The molecule has 0 aliphatic carbocycles. The van der Waals surface area contributed by atoms with Crippen molar-refractivity contribution in [1.82, 2.24) is 0 Å². The van der Waals surface area contributed by atoms with Crippen molar-refractivity contribution in [3.63, 3.8) is 0 Å². The number of hydrogen-bond acceptors (Lipinski definition) is 4. The molecule has 0 aliphatic rings.